The van der Waals surface area contributed by atoms with Gasteiger partial charge in [-0.15, -0.1) is 0 Å². The van der Waals surface area contributed by atoms with Crippen LogP contribution in [0, 0.1) is 5.92 Å². The minimum absolute atomic E-state index is 1.13. The molecule has 0 heteroatoms. The van der Waals surface area contributed by atoms with Crippen LogP contribution in [0.5, 0.6) is 0 Å². The van der Waals surface area contributed by atoms with Crippen LogP contribution in [0.2, 0.25) is 0 Å². The second kappa shape index (κ2) is 3.47. The van der Waals surface area contributed by atoms with E-state index in [2.05, 4.69) is 45.0 Å². The first-order chi connectivity index (χ1) is 5.24. The summed E-state index contributed by atoms with van der Waals surface area (Å²) in [6.07, 6.45) is 1.13. The zero-order valence-electron chi connectivity index (χ0n) is 7.52. The van der Waals surface area contributed by atoms with Gasteiger partial charge in [0.1, 0.15) is 5.56 Å². The summed E-state index contributed by atoms with van der Waals surface area (Å²) in [6, 6.07) is 8.77. The second-order valence-corrected chi connectivity index (χ2v) is 3.05. The molecule has 0 amide bonds. The van der Waals surface area contributed by atoms with Crippen molar-refractivity contribution in [2.24, 2.45) is 0 Å². The molecule has 0 spiro atoms. The van der Waals surface area contributed by atoms with Crippen molar-refractivity contribution >= 4 is 0 Å². The van der Waals surface area contributed by atoms with Gasteiger partial charge in [0.15, 0.2) is 0 Å². The highest BCUT2D eigenvalue weighted by Gasteiger charge is 2.05. The van der Waals surface area contributed by atoms with Crippen LogP contribution in [0.15, 0.2) is 24.3 Å². The summed E-state index contributed by atoms with van der Waals surface area (Å²) < 4.78 is 0. The minimum Gasteiger partial charge on any atom is -0.0612 e. The van der Waals surface area contributed by atoms with Gasteiger partial charge in [-0.25, -0.2) is 0 Å². The van der Waals surface area contributed by atoms with E-state index in [9.17, 15) is 0 Å². The lowest BCUT2D eigenvalue weighted by atomic mass is 10.0. The third-order valence-electron chi connectivity index (χ3n) is 1.94. The zero-order chi connectivity index (χ0) is 8.27. The molecular formula is C11H15+. The van der Waals surface area contributed by atoms with Crippen LogP contribution >= 0.6 is 0 Å². The Kier molecular flexibility index (Phi) is 2.58. The number of rotatable bonds is 2. The fourth-order valence-corrected chi connectivity index (χ4v) is 1.07. The van der Waals surface area contributed by atoms with Gasteiger partial charge in [-0.2, -0.15) is 0 Å². The topological polar surface area (TPSA) is 0 Å². The molecule has 11 heavy (non-hydrogen) atoms. The van der Waals surface area contributed by atoms with Crippen molar-refractivity contribution in [2.75, 3.05) is 0 Å². The van der Waals surface area contributed by atoms with Crippen LogP contribution in [-0.4, -0.2) is 0 Å². The first-order valence-electron chi connectivity index (χ1n) is 4.13. The Labute approximate surface area is 69.3 Å². The number of hydrogen-bond donors (Lipinski definition) is 0. The molecule has 0 N–H and O–H groups in total. The van der Waals surface area contributed by atoms with Gasteiger partial charge in [0.2, 0.25) is 0 Å². The lowest BCUT2D eigenvalue weighted by molar-refractivity contribution is 1.11. The van der Waals surface area contributed by atoms with E-state index in [1.807, 2.05) is 0 Å². The highest BCUT2D eigenvalue weighted by atomic mass is 14.0. The number of benzene rings is 1. The minimum atomic E-state index is 1.13. The molecule has 0 nitrogen and oxygen atoms in total. The molecule has 0 bridgehead atoms. The first-order valence-corrected chi connectivity index (χ1v) is 4.13. The molecule has 0 aliphatic heterocycles. The molecule has 1 aromatic carbocycles. The summed E-state index contributed by atoms with van der Waals surface area (Å²) in [5, 5.41) is 0. The van der Waals surface area contributed by atoms with Crippen LogP contribution in [0.25, 0.3) is 0 Å². The maximum Gasteiger partial charge on any atom is 0.132 e. The maximum absolute atomic E-state index is 2.20. The molecule has 0 saturated heterocycles. The monoisotopic (exact) mass is 147 g/mol. The molecular weight excluding hydrogens is 132 g/mol. The van der Waals surface area contributed by atoms with Gasteiger partial charge < -0.3 is 0 Å². The van der Waals surface area contributed by atoms with Crippen molar-refractivity contribution in [3.63, 3.8) is 0 Å². The molecule has 0 atom stereocenters. The molecule has 0 aliphatic rings. The summed E-state index contributed by atoms with van der Waals surface area (Å²) in [7, 11) is 0. The van der Waals surface area contributed by atoms with E-state index in [1.165, 1.54) is 17.0 Å². The Morgan fingerprint density at radius 3 is 2.00 bits per heavy atom. The lowest BCUT2D eigenvalue weighted by Gasteiger charge is -1.96. The third-order valence-corrected chi connectivity index (χ3v) is 1.94. The van der Waals surface area contributed by atoms with E-state index in [-0.39, 0.29) is 0 Å². The van der Waals surface area contributed by atoms with Crippen LogP contribution in [0.1, 0.15) is 31.9 Å². The van der Waals surface area contributed by atoms with Crippen LogP contribution in [0.3, 0.4) is 0 Å². The molecule has 1 rings (SSSR count). The highest BCUT2D eigenvalue weighted by molar-refractivity contribution is 5.31. The van der Waals surface area contributed by atoms with Crippen molar-refractivity contribution in [2.45, 2.75) is 27.2 Å². The van der Waals surface area contributed by atoms with Gasteiger partial charge in [-0.05, 0) is 24.1 Å². The van der Waals surface area contributed by atoms with Crippen LogP contribution in [0.4, 0.5) is 0 Å². The molecule has 0 unspecified atom stereocenters. The highest BCUT2D eigenvalue weighted by Crippen LogP contribution is 2.13. The van der Waals surface area contributed by atoms with E-state index in [4.69, 9.17) is 0 Å². The van der Waals surface area contributed by atoms with Gasteiger partial charge in [0.25, 0.3) is 0 Å². The summed E-state index contributed by atoms with van der Waals surface area (Å²) >= 11 is 0. The van der Waals surface area contributed by atoms with Gasteiger partial charge in [-0.3, -0.25) is 0 Å². The van der Waals surface area contributed by atoms with Crippen molar-refractivity contribution < 1.29 is 0 Å². The predicted molar refractivity (Wildman–Crippen MR) is 49.5 cm³/mol. The number of aryl methyl sites for hydroxylation is 1. The molecule has 0 heterocycles. The summed E-state index contributed by atoms with van der Waals surface area (Å²) in [5.74, 6) is 1.38. The fraction of sp³-hybridized carbons (Fsp3) is 0.364. The van der Waals surface area contributed by atoms with Crippen molar-refractivity contribution in [1.82, 2.24) is 0 Å². The van der Waals surface area contributed by atoms with E-state index in [0.717, 1.165) is 6.42 Å². The quantitative estimate of drug-likeness (QED) is 0.563. The third kappa shape index (κ3) is 2.01. The average Bonchev–Trinajstić information content (AvgIpc) is 2.05. The molecule has 0 fully saturated rings. The van der Waals surface area contributed by atoms with E-state index >= 15 is 0 Å². The second-order valence-electron chi connectivity index (χ2n) is 3.05. The maximum atomic E-state index is 2.20. The van der Waals surface area contributed by atoms with E-state index in [1.54, 1.807) is 0 Å². The van der Waals surface area contributed by atoms with Gasteiger partial charge in [0, 0.05) is 31.9 Å². The molecule has 0 radical (unpaired) electrons. The van der Waals surface area contributed by atoms with Crippen LogP contribution < -0.4 is 0 Å². The Balaban J connectivity index is 2.83. The van der Waals surface area contributed by atoms with E-state index < -0.39 is 0 Å². The Hall–Kier alpha value is -0.910. The van der Waals surface area contributed by atoms with E-state index in [0.29, 0.717) is 0 Å². The van der Waals surface area contributed by atoms with Crippen molar-refractivity contribution in [3.8, 4) is 0 Å². The molecule has 58 valence electrons. The van der Waals surface area contributed by atoms with Gasteiger partial charge in [0.05, 0.1) is 0 Å². The average molecular weight is 147 g/mol. The lowest BCUT2D eigenvalue weighted by Crippen LogP contribution is -1.88. The van der Waals surface area contributed by atoms with Crippen molar-refractivity contribution in [3.05, 3.63) is 41.3 Å². The van der Waals surface area contributed by atoms with Gasteiger partial charge >= 0.3 is 0 Å². The summed E-state index contributed by atoms with van der Waals surface area (Å²) in [6.45, 7) is 6.46. The smallest absolute Gasteiger partial charge is 0.0612 e. The molecule has 0 aliphatic carbocycles. The fourth-order valence-electron chi connectivity index (χ4n) is 1.07. The first kappa shape index (κ1) is 8.19. The summed E-state index contributed by atoms with van der Waals surface area (Å²) in [5.41, 5.74) is 2.76. The Morgan fingerprint density at radius 1 is 1.09 bits per heavy atom. The van der Waals surface area contributed by atoms with Gasteiger partial charge in [-0.1, -0.05) is 6.92 Å². The molecule has 0 saturated carbocycles. The Bertz CT molecular complexity index is 206. The number of hydrogen-bond acceptors (Lipinski definition) is 0. The molecule has 0 aromatic heterocycles. The standard InChI is InChI=1S/C11H15/c1-4-10-5-7-11(8-6-10)9(2)3/h5-8H,4H2,1-3H3/q+1. The largest absolute Gasteiger partial charge is 0.132 e. The zero-order valence-corrected chi connectivity index (χ0v) is 7.52. The summed E-state index contributed by atoms with van der Waals surface area (Å²) in [4.78, 5) is 0. The normalized spacial score (nSPS) is 9.73. The SMILES string of the molecule is CCc1ccc([C+](C)C)cc1. The Morgan fingerprint density at radius 2 is 1.64 bits per heavy atom. The van der Waals surface area contributed by atoms with Crippen LogP contribution in [-0.2, 0) is 6.42 Å². The molecule has 1 aromatic rings. The predicted octanol–water partition coefficient (Wildman–Crippen LogP) is 3.21. The van der Waals surface area contributed by atoms with Crippen molar-refractivity contribution in [1.29, 1.82) is 0 Å².